The molecule has 0 radical (unpaired) electrons. The number of carbonyl (C=O) groups excluding carboxylic acids is 1. The Morgan fingerprint density at radius 2 is 2.18 bits per heavy atom. The van der Waals surface area contributed by atoms with E-state index in [4.69, 9.17) is 5.41 Å². The number of ketones is 1. The zero-order valence-electron chi connectivity index (χ0n) is 13.4. The SMILES string of the molecule is CC(C)CC[C@@](C)(CC=N)C(=O)c1cc(F)c2[nH]ccc2c1. The van der Waals surface area contributed by atoms with Crippen molar-refractivity contribution < 1.29 is 9.18 Å². The van der Waals surface area contributed by atoms with Crippen LogP contribution in [0.3, 0.4) is 0 Å². The second-order valence-corrected chi connectivity index (χ2v) is 6.63. The van der Waals surface area contributed by atoms with E-state index in [2.05, 4.69) is 18.8 Å². The van der Waals surface area contributed by atoms with Gasteiger partial charge in [-0.05, 0) is 43.2 Å². The molecular formula is C18H23FN2O. The molecule has 3 nitrogen and oxygen atoms in total. The Morgan fingerprint density at radius 1 is 1.45 bits per heavy atom. The Balaban J connectivity index is 2.37. The Kier molecular flexibility index (Phi) is 4.79. The van der Waals surface area contributed by atoms with Crippen LogP contribution in [0.4, 0.5) is 4.39 Å². The molecule has 0 aliphatic carbocycles. The van der Waals surface area contributed by atoms with E-state index in [9.17, 15) is 9.18 Å². The smallest absolute Gasteiger partial charge is 0.169 e. The standard InChI is InChI=1S/C18H23FN2O/c1-12(2)4-6-18(3,7-8-20)17(22)14-10-13-5-9-21-16(13)15(19)11-14/h5,8-12,20-21H,4,6-7H2,1-3H3/t18-/m0/s1. The number of H-pyrrole nitrogens is 1. The highest BCUT2D eigenvalue weighted by Gasteiger charge is 2.33. The average Bonchev–Trinajstić information content (AvgIpc) is 2.93. The first-order chi connectivity index (χ1) is 10.4. The molecule has 4 heteroatoms. The van der Waals surface area contributed by atoms with Gasteiger partial charge < -0.3 is 10.4 Å². The minimum Gasteiger partial charge on any atom is -0.359 e. The van der Waals surface area contributed by atoms with Gasteiger partial charge in [-0.3, -0.25) is 4.79 Å². The second-order valence-electron chi connectivity index (χ2n) is 6.63. The quantitative estimate of drug-likeness (QED) is 0.550. The lowest BCUT2D eigenvalue weighted by Crippen LogP contribution is -2.29. The van der Waals surface area contributed by atoms with Crippen molar-refractivity contribution in [2.45, 2.75) is 40.0 Å². The van der Waals surface area contributed by atoms with Gasteiger partial charge in [0.15, 0.2) is 5.78 Å². The molecule has 118 valence electrons. The summed E-state index contributed by atoms with van der Waals surface area (Å²) in [7, 11) is 0. The average molecular weight is 302 g/mol. The van der Waals surface area contributed by atoms with Crippen molar-refractivity contribution in [3.05, 3.63) is 35.8 Å². The molecule has 0 spiro atoms. The van der Waals surface area contributed by atoms with Crippen molar-refractivity contribution >= 4 is 22.9 Å². The van der Waals surface area contributed by atoms with E-state index in [-0.39, 0.29) is 5.78 Å². The number of halogens is 1. The number of hydrogen-bond donors (Lipinski definition) is 2. The molecule has 0 aliphatic heterocycles. The van der Waals surface area contributed by atoms with Crippen LogP contribution < -0.4 is 0 Å². The normalized spacial score (nSPS) is 14.2. The first-order valence-corrected chi connectivity index (χ1v) is 7.68. The van der Waals surface area contributed by atoms with Crippen LogP contribution in [0.1, 0.15) is 50.4 Å². The number of carbonyl (C=O) groups is 1. The number of nitrogens with one attached hydrogen (secondary N) is 2. The van der Waals surface area contributed by atoms with Gasteiger partial charge in [0.2, 0.25) is 0 Å². The third-order valence-electron chi connectivity index (χ3n) is 4.25. The molecule has 0 amide bonds. The monoisotopic (exact) mass is 302 g/mol. The molecule has 0 bridgehead atoms. The molecule has 2 aromatic rings. The van der Waals surface area contributed by atoms with Gasteiger partial charge in [0.25, 0.3) is 0 Å². The number of aromatic nitrogens is 1. The van der Waals surface area contributed by atoms with E-state index in [1.165, 1.54) is 12.3 Å². The van der Waals surface area contributed by atoms with Crippen LogP contribution in [0.5, 0.6) is 0 Å². The molecule has 2 N–H and O–H groups in total. The fourth-order valence-corrected chi connectivity index (χ4v) is 2.75. The zero-order valence-corrected chi connectivity index (χ0v) is 13.4. The predicted octanol–water partition coefficient (Wildman–Crippen LogP) is 4.97. The Bertz CT molecular complexity index is 689. The van der Waals surface area contributed by atoms with E-state index >= 15 is 0 Å². The maximum Gasteiger partial charge on any atom is 0.169 e. The number of aromatic amines is 1. The van der Waals surface area contributed by atoms with Crippen molar-refractivity contribution in [2.24, 2.45) is 11.3 Å². The van der Waals surface area contributed by atoms with Crippen LogP contribution in [0.15, 0.2) is 24.4 Å². The van der Waals surface area contributed by atoms with Crippen molar-refractivity contribution in [3.8, 4) is 0 Å². The van der Waals surface area contributed by atoms with Gasteiger partial charge in [-0.25, -0.2) is 4.39 Å². The topological polar surface area (TPSA) is 56.7 Å². The summed E-state index contributed by atoms with van der Waals surface area (Å²) < 4.78 is 14.1. The van der Waals surface area contributed by atoms with E-state index in [0.717, 1.165) is 6.42 Å². The van der Waals surface area contributed by atoms with Crippen LogP contribution >= 0.6 is 0 Å². The first kappa shape index (κ1) is 16.4. The van der Waals surface area contributed by atoms with Crippen molar-refractivity contribution in [1.82, 2.24) is 4.98 Å². The van der Waals surface area contributed by atoms with Crippen LogP contribution in [0.2, 0.25) is 0 Å². The predicted molar refractivity (Wildman–Crippen MR) is 88.2 cm³/mol. The minimum absolute atomic E-state index is 0.0846. The summed E-state index contributed by atoms with van der Waals surface area (Å²) in [5, 5.41) is 8.09. The van der Waals surface area contributed by atoms with Crippen molar-refractivity contribution in [3.63, 3.8) is 0 Å². The number of hydrogen-bond acceptors (Lipinski definition) is 2. The molecule has 22 heavy (non-hydrogen) atoms. The van der Waals surface area contributed by atoms with E-state index in [1.807, 2.05) is 6.92 Å². The van der Waals surface area contributed by atoms with E-state index < -0.39 is 11.2 Å². The number of rotatable bonds is 7. The summed E-state index contributed by atoms with van der Waals surface area (Å²) in [6.07, 6.45) is 4.93. The highest BCUT2D eigenvalue weighted by atomic mass is 19.1. The molecule has 1 atom stereocenters. The van der Waals surface area contributed by atoms with Gasteiger partial charge in [-0.2, -0.15) is 0 Å². The molecule has 1 aromatic carbocycles. The third kappa shape index (κ3) is 3.26. The van der Waals surface area contributed by atoms with Crippen LogP contribution in [0, 0.1) is 22.6 Å². The molecule has 2 rings (SSSR count). The number of Topliss-reactive ketones (excluding diaryl/α,β-unsaturated/α-hetero) is 1. The van der Waals surface area contributed by atoms with Gasteiger partial charge >= 0.3 is 0 Å². The molecule has 0 aliphatic rings. The zero-order chi connectivity index (χ0) is 16.3. The largest absolute Gasteiger partial charge is 0.359 e. The van der Waals surface area contributed by atoms with Crippen molar-refractivity contribution in [2.75, 3.05) is 0 Å². The second kappa shape index (κ2) is 6.42. The fourth-order valence-electron chi connectivity index (χ4n) is 2.75. The van der Waals surface area contributed by atoms with Gasteiger partial charge in [-0.15, -0.1) is 0 Å². The van der Waals surface area contributed by atoms with Crippen LogP contribution in [-0.4, -0.2) is 17.0 Å². The lowest BCUT2D eigenvalue weighted by atomic mass is 9.75. The maximum absolute atomic E-state index is 14.1. The molecule has 0 saturated carbocycles. The van der Waals surface area contributed by atoms with E-state index in [0.29, 0.717) is 35.2 Å². The molecule has 0 fully saturated rings. The van der Waals surface area contributed by atoms with Gasteiger partial charge in [-0.1, -0.05) is 27.2 Å². The van der Waals surface area contributed by atoms with Crippen molar-refractivity contribution in [1.29, 1.82) is 5.41 Å². The lowest BCUT2D eigenvalue weighted by molar-refractivity contribution is 0.0803. The summed E-state index contributed by atoms with van der Waals surface area (Å²) in [6.45, 7) is 6.10. The number of fused-ring (bicyclic) bond motifs is 1. The molecule has 0 unspecified atom stereocenters. The first-order valence-electron chi connectivity index (χ1n) is 7.68. The summed E-state index contributed by atoms with van der Waals surface area (Å²) in [6, 6.07) is 4.80. The molecule has 0 saturated heterocycles. The van der Waals surface area contributed by atoms with Crippen LogP contribution in [-0.2, 0) is 0 Å². The maximum atomic E-state index is 14.1. The van der Waals surface area contributed by atoms with E-state index in [1.54, 1.807) is 18.3 Å². The molecule has 1 aromatic heterocycles. The lowest BCUT2D eigenvalue weighted by Gasteiger charge is -2.27. The summed E-state index contributed by atoms with van der Waals surface area (Å²) in [5.41, 5.74) is 0.160. The fraction of sp³-hybridized carbons (Fsp3) is 0.444. The highest BCUT2D eigenvalue weighted by Crippen LogP contribution is 2.34. The molecule has 1 heterocycles. The molecular weight excluding hydrogens is 279 g/mol. The van der Waals surface area contributed by atoms with Crippen LogP contribution in [0.25, 0.3) is 10.9 Å². The minimum atomic E-state index is -0.650. The van der Waals surface area contributed by atoms with Gasteiger partial charge in [0, 0.05) is 22.6 Å². The van der Waals surface area contributed by atoms with Gasteiger partial charge in [0.1, 0.15) is 5.82 Å². The summed E-state index contributed by atoms with van der Waals surface area (Å²) in [5.74, 6) is -0.00712. The highest BCUT2D eigenvalue weighted by molar-refractivity contribution is 6.03. The Labute approximate surface area is 130 Å². The third-order valence-corrected chi connectivity index (χ3v) is 4.25. The number of benzene rings is 1. The Morgan fingerprint density at radius 3 is 2.82 bits per heavy atom. The Hall–Kier alpha value is -1.97. The van der Waals surface area contributed by atoms with Gasteiger partial charge in [0.05, 0.1) is 5.52 Å². The summed E-state index contributed by atoms with van der Waals surface area (Å²) >= 11 is 0. The summed E-state index contributed by atoms with van der Waals surface area (Å²) in [4.78, 5) is 15.7.